The maximum atomic E-state index is 13.5. The van der Waals surface area contributed by atoms with Crippen LogP contribution >= 0.6 is 0 Å². The van der Waals surface area contributed by atoms with Crippen LogP contribution in [-0.2, 0) is 23.2 Å². The Morgan fingerprint density at radius 2 is 1.69 bits per heavy atom. The number of carbonyl (C=O) groups is 2. The molecular weight excluding hydrogens is 456 g/mol. The molecule has 4 aromatic rings. The van der Waals surface area contributed by atoms with Crippen molar-refractivity contribution in [2.24, 2.45) is 0 Å². The summed E-state index contributed by atoms with van der Waals surface area (Å²) in [6, 6.07) is 16.7. The minimum Gasteiger partial charge on any atom is -0.483 e. The molecule has 0 radical (unpaired) electrons. The van der Waals surface area contributed by atoms with Crippen LogP contribution in [0, 0.1) is 0 Å². The van der Waals surface area contributed by atoms with Gasteiger partial charge < -0.3 is 19.0 Å². The lowest BCUT2D eigenvalue weighted by molar-refractivity contribution is -0.122. The fourth-order valence-corrected chi connectivity index (χ4v) is 5.49. The third-order valence-electron chi connectivity index (χ3n) is 7.39. The van der Waals surface area contributed by atoms with E-state index in [0.717, 1.165) is 55.8 Å². The molecule has 1 amide bonds. The van der Waals surface area contributed by atoms with E-state index >= 15 is 0 Å². The van der Waals surface area contributed by atoms with Gasteiger partial charge in [-0.1, -0.05) is 42.8 Å². The minimum absolute atomic E-state index is 0.00677. The van der Waals surface area contributed by atoms with E-state index in [4.69, 9.17) is 14.9 Å². The molecule has 0 spiro atoms. The van der Waals surface area contributed by atoms with Gasteiger partial charge in [0.2, 0.25) is 5.82 Å². The van der Waals surface area contributed by atoms with E-state index in [0.29, 0.717) is 18.9 Å². The fourth-order valence-electron chi connectivity index (χ4n) is 5.49. The monoisotopic (exact) mass is 486 g/mol. The van der Waals surface area contributed by atoms with E-state index in [9.17, 15) is 4.79 Å². The molecule has 2 aliphatic rings. The average molecular weight is 487 g/mol. The molecule has 5 heterocycles. The first kappa shape index (κ1) is 23.7. The largest absolute Gasteiger partial charge is 0.483 e. The summed E-state index contributed by atoms with van der Waals surface area (Å²) in [5.41, 5.74) is 3.07. The Morgan fingerprint density at radius 3 is 2.44 bits per heavy atom. The van der Waals surface area contributed by atoms with Gasteiger partial charge in [-0.15, -0.1) is 10.2 Å². The third kappa shape index (κ3) is 4.36. The van der Waals surface area contributed by atoms with Crippen molar-refractivity contribution in [3.63, 3.8) is 0 Å². The first-order valence-corrected chi connectivity index (χ1v) is 12.5. The van der Waals surface area contributed by atoms with E-state index in [1.165, 1.54) is 12.0 Å². The van der Waals surface area contributed by atoms with Gasteiger partial charge in [0.25, 0.3) is 12.4 Å². The Labute approximate surface area is 209 Å². The highest BCUT2D eigenvalue weighted by Crippen LogP contribution is 2.41. The molecule has 36 heavy (non-hydrogen) atoms. The number of aromatic nitrogens is 5. The Balaban J connectivity index is 0.000000848. The Bertz CT molecular complexity index is 1310. The molecule has 0 saturated carbocycles. The highest BCUT2D eigenvalue weighted by atomic mass is 16.3. The highest BCUT2D eigenvalue weighted by Gasteiger charge is 2.41. The predicted octanol–water partition coefficient (Wildman–Crippen LogP) is 3.58. The number of rotatable bonds is 3. The number of hydrogen-bond acceptors (Lipinski definition) is 5. The van der Waals surface area contributed by atoms with Crippen molar-refractivity contribution >= 4 is 18.0 Å². The van der Waals surface area contributed by atoms with Crippen LogP contribution < -0.4 is 0 Å². The number of likely N-dealkylation sites (tertiary alicyclic amines) is 1. The maximum Gasteiger partial charge on any atom is 0.291 e. The second-order valence-electron chi connectivity index (χ2n) is 9.34. The number of carbonyl (C=O) groups excluding carboxylic acids is 1. The Morgan fingerprint density at radius 1 is 0.944 bits per heavy atom. The molecule has 1 N–H and O–H groups in total. The summed E-state index contributed by atoms with van der Waals surface area (Å²) in [6.45, 7) is 1.93. The molecule has 9 nitrogen and oxygen atoms in total. The number of nitrogens with zero attached hydrogens (tertiary/aromatic N) is 6. The summed E-state index contributed by atoms with van der Waals surface area (Å²) in [5.74, 6) is 1.47. The van der Waals surface area contributed by atoms with Crippen molar-refractivity contribution in [2.45, 2.75) is 50.5 Å². The van der Waals surface area contributed by atoms with Crippen molar-refractivity contribution in [1.82, 2.24) is 29.0 Å². The van der Waals surface area contributed by atoms with Crippen LogP contribution in [0.2, 0.25) is 0 Å². The number of aryl methyl sites for hydroxylation is 1. The molecule has 0 atom stereocenters. The van der Waals surface area contributed by atoms with Gasteiger partial charge >= 0.3 is 0 Å². The molecule has 0 aliphatic carbocycles. The van der Waals surface area contributed by atoms with Gasteiger partial charge in [0.1, 0.15) is 11.5 Å². The molecule has 0 unspecified atom stereocenters. The summed E-state index contributed by atoms with van der Waals surface area (Å²) >= 11 is 0. The summed E-state index contributed by atoms with van der Waals surface area (Å²) in [6.07, 6.45) is 10.1. The van der Waals surface area contributed by atoms with Gasteiger partial charge in [-0.05, 0) is 43.4 Å². The zero-order valence-electron chi connectivity index (χ0n) is 20.2. The van der Waals surface area contributed by atoms with Crippen molar-refractivity contribution in [2.75, 3.05) is 13.1 Å². The van der Waals surface area contributed by atoms with E-state index < -0.39 is 0 Å². The molecule has 6 rings (SSSR count). The second-order valence-corrected chi connectivity index (χ2v) is 9.34. The van der Waals surface area contributed by atoms with Crippen molar-refractivity contribution in [1.29, 1.82) is 0 Å². The molecule has 2 aliphatic heterocycles. The topological polar surface area (TPSA) is 106 Å². The van der Waals surface area contributed by atoms with Crippen LogP contribution in [0.15, 0.2) is 60.9 Å². The number of hydrogen-bond donors (Lipinski definition) is 1. The van der Waals surface area contributed by atoms with E-state index in [1.807, 2.05) is 29.3 Å². The zero-order chi connectivity index (χ0) is 25.0. The maximum absolute atomic E-state index is 13.5. The summed E-state index contributed by atoms with van der Waals surface area (Å²) < 4.78 is 4.14. The van der Waals surface area contributed by atoms with Gasteiger partial charge in [-0.25, -0.2) is 4.98 Å². The number of piperidine rings is 1. The van der Waals surface area contributed by atoms with Crippen LogP contribution in [-0.4, -0.2) is 59.6 Å². The van der Waals surface area contributed by atoms with Gasteiger partial charge in [0.05, 0.1) is 5.69 Å². The van der Waals surface area contributed by atoms with Crippen molar-refractivity contribution < 1.29 is 14.7 Å². The van der Waals surface area contributed by atoms with E-state index in [-0.39, 0.29) is 17.8 Å². The molecule has 186 valence electrons. The van der Waals surface area contributed by atoms with Crippen molar-refractivity contribution in [3.8, 4) is 0 Å². The summed E-state index contributed by atoms with van der Waals surface area (Å²) in [5, 5.41) is 15.5. The predicted molar refractivity (Wildman–Crippen MR) is 134 cm³/mol. The number of fused-ring (bicyclic) bond motifs is 2. The van der Waals surface area contributed by atoms with Crippen LogP contribution in [0.3, 0.4) is 0 Å². The smallest absolute Gasteiger partial charge is 0.291 e. The number of carboxylic acid groups (broad SMARTS) is 1. The second kappa shape index (κ2) is 10.3. The van der Waals surface area contributed by atoms with Gasteiger partial charge in [0, 0.05) is 43.9 Å². The van der Waals surface area contributed by atoms with Crippen LogP contribution in [0.5, 0.6) is 0 Å². The average Bonchev–Trinajstić information content (AvgIpc) is 3.47. The number of amides is 1. The first-order chi connectivity index (χ1) is 17.7. The molecule has 3 aromatic heterocycles. The Hall–Kier alpha value is -4.01. The number of pyridine rings is 1. The number of benzene rings is 1. The normalized spacial score (nSPS) is 16.9. The lowest BCUT2D eigenvalue weighted by atomic mass is 9.70. The van der Waals surface area contributed by atoms with Crippen LogP contribution in [0.1, 0.15) is 59.8 Å². The molecule has 0 bridgehead atoms. The van der Waals surface area contributed by atoms with Gasteiger partial charge in [-0.3, -0.25) is 9.59 Å². The summed E-state index contributed by atoms with van der Waals surface area (Å²) in [4.78, 5) is 28.8. The quantitative estimate of drug-likeness (QED) is 0.444. The van der Waals surface area contributed by atoms with E-state index in [1.54, 1.807) is 0 Å². The Kier molecular flexibility index (Phi) is 6.79. The van der Waals surface area contributed by atoms with Gasteiger partial charge in [0.15, 0.2) is 0 Å². The molecule has 9 heteroatoms. The third-order valence-corrected chi connectivity index (χ3v) is 7.39. The SMILES string of the molecule is O=C(c1nnc2n1CCCCC2)N1CCC(c2ccccc2)(c2cn3ccccc3n2)CC1.O=CO. The zero-order valence-corrected chi connectivity index (χ0v) is 20.2. The lowest BCUT2D eigenvalue weighted by Gasteiger charge is -2.41. The standard InChI is InChI=1S/C26H28N6O.CH2O2/c33-25(24-29-28-23-12-5-2-7-16-32(23)24)30-17-13-26(14-18-30,20-9-3-1-4-10-20)21-19-31-15-8-6-11-22(31)27-21;2-1-3/h1,3-4,6,8-11,15,19H,2,5,7,12-14,16-18H2;1H,(H,2,3). The van der Waals surface area contributed by atoms with Crippen LogP contribution in [0.4, 0.5) is 0 Å². The molecule has 1 fully saturated rings. The molecular formula is C27H30N6O3. The lowest BCUT2D eigenvalue weighted by Crippen LogP contribution is -2.46. The highest BCUT2D eigenvalue weighted by molar-refractivity contribution is 5.91. The van der Waals surface area contributed by atoms with Crippen LogP contribution in [0.25, 0.3) is 5.65 Å². The minimum atomic E-state index is -0.250. The number of imidazole rings is 1. The first-order valence-electron chi connectivity index (χ1n) is 12.5. The summed E-state index contributed by atoms with van der Waals surface area (Å²) in [7, 11) is 0. The molecule has 1 saturated heterocycles. The van der Waals surface area contributed by atoms with E-state index in [2.05, 4.69) is 55.7 Å². The van der Waals surface area contributed by atoms with Crippen molar-refractivity contribution in [3.05, 3.63) is 83.8 Å². The molecule has 1 aromatic carbocycles. The van der Waals surface area contributed by atoms with Gasteiger partial charge in [-0.2, -0.15) is 0 Å². The fraction of sp³-hybridized carbons (Fsp3) is 0.370.